The van der Waals surface area contributed by atoms with E-state index in [0.29, 0.717) is 37.8 Å². The summed E-state index contributed by atoms with van der Waals surface area (Å²) in [5, 5.41) is 9.29. The molecule has 0 heterocycles. The van der Waals surface area contributed by atoms with Gasteiger partial charge in [-0.1, -0.05) is 60.7 Å². The van der Waals surface area contributed by atoms with Crippen molar-refractivity contribution in [3.63, 3.8) is 0 Å². The molecule has 0 aliphatic carbocycles. The van der Waals surface area contributed by atoms with Crippen LogP contribution in [-0.4, -0.2) is 60.2 Å². The summed E-state index contributed by atoms with van der Waals surface area (Å²) in [6.45, 7) is 5.26. The van der Waals surface area contributed by atoms with Crippen molar-refractivity contribution in [1.82, 2.24) is 4.90 Å². The predicted molar refractivity (Wildman–Crippen MR) is 155 cm³/mol. The summed E-state index contributed by atoms with van der Waals surface area (Å²) in [7, 11) is 0. The normalized spacial score (nSPS) is 11.5. The lowest BCUT2D eigenvalue weighted by atomic mass is 10.1. The highest BCUT2D eigenvalue weighted by Crippen LogP contribution is 2.19. The van der Waals surface area contributed by atoms with Gasteiger partial charge in [0.05, 0.1) is 6.54 Å². The maximum atomic E-state index is 13.0. The quantitative estimate of drug-likeness (QED) is 0.211. The van der Waals surface area contributed by atoms with Gasteiger partial charge in [-0.05, 0) is 60.9 Å². The number of aliphatic carboxylic acids is 1. The molecule has 1 unspecified atom stereocenters. The Kier molecular flexibility index (Phi) is 12.7. The topological polar surface area (TPSA) is 85.3 Å². The van der Waals surface area contributed by atoms with Crippen LogP contribution < -0.4 is 9.47 Å². The second-order valence-corrected chi connectivity index (χ2v) is 10.1. The third-order valence-electron chi connectivity index (χ3n) is 5.99. The molecule has 7 nitrogen and oxygen atoms in total. The number of hydrogen-bond acceptors (Lipinski definition) is 6. The number of ether oxygens (including phenoxy) is 3. The van der Waals surface area contributed by atoms with E-state index in [4.69, 9.17) is 14.2 Å². The van der Waals surface area contributed by atoms with Gasteiger partial charge in [0.1, 0.15) is 18.1 Å². The summed E-state index contributed by atoms with van der Waals surface area (Å²) < 4.78 is 16.9. The Morgan fingerprint density at radius 3 is 2.33 bits per heavy atom. The molecule has 0 saturated carbocycles. The van der Waals surface area contributed by atoms with Gasteiger partial charge < -0.3 is 24.2 Å². The lowest BCUT2D eigenvalue weighted by Gasteiger charge is -2.22. The third-order valence-corrected chi connectivity index (χ3v) is 7.11. The Bertz CT molecular complexity index is 1160. The van der Waals surface area contributed by atoms with Crippen LogP contribution in [0.15, 0.2) is 78.9 Å². The number of aryl methyl sites for hydroxylation is 1. The summed E-state index contributed by atoms with van der Waals surface area (Å²) >= 11 is 1.84. The van der Waals surface area contributed by atoms with E-state index in [1.807, 2.05) is 67.2 Å². The minimum absolute atomic E-state index is 0.282. The van der Waals surface area contributed by atoms with Crippen molar-refractivity contribution in [2.24, 2.45) is 0 Å². The fraction of sp³-hybridized carbons (Fsp3) is 0.355. The van der Waals surface area contributed by atoms with E-state index < -0.39 is 18.2 Å². The first kappa shape index (κ1) is 30.1. The van der Waals surface area contributed by atoms with Crippen molar-refractivity contribution in [2.75, 3.05) is 32.1 Å². The molecule has 39 heavy (non-hydrogen) atoms. The van der Waals surface area contributed by atoms with Gasteiger partial charge in [-0.2, -0.15) is 11.8 Å². The number of carbonyl (C=O) groups excluding carboxylic acids is 1. The van der Waals surface area contributed by atoms with E-state index >= 15 is 0 Å². The summed E-state index contributed by atoms with van der Waals surface area (Å²) in [5.74, 6) is 2.07. The fourth-order valence-corrected chi connectivity index (χ4v) is 4.78. The number of carboxylic acid groups (broad SMARTS) is 1. The van der Waals surface area contributed by atoms with Gasteiger partial charge in [-0.25, -0.2) is 9.59 Å². The molecule has 1 N–H and O–H groups in total. The molecule has 1 atom stereocenters. The van der Waals surface area contributed by atoms with Crippen LogP contribution in [-0.2, 0) is 21.7 Å². The first-order chi connectivity index (χ1) is 19.0. The van der Waals surface area contributed by atoms with Crippen LogP contribution in [0.2, 0.25) is 0 Å². The molecule has 0 radical (unpaired) electrons. The Hall–Kier alpha value is -3.49. The highest BCUT2D eigenvalue weighted by atomic mass is 32.2. The molecular formula is C31H37NO6S. The number of amides is 1. The van der Waals surface area contributed by atoms with Crippen LogP contribution in [0.3, 0.4) is 0 Å². The molecule has 0 fully saturated rings. The summed E-state index contributed by atoms with van der Waals surface area (Å²) in [6, 6.07) is 25.1. The Morgan fingerprint density at radius 2 is 1.64 bits per heavy atom. The summed E-state index contributed by atoms with van der Waals surface area (Å²) in [6.07, 6.45) is -0.156. The largest absolute Gasteiger partial charge is 0.492 e. The van der Waals surface area contributed by atoms with Crippen LogP contribution in [0.1, 0.15) is 30.0 Å². The first-order valence-corrected chi connectivity index (χ1v) is 14.3. The van der Waals surface area contributed by atoms with Crippen LogP contribution in [0.25, 0.3) is 0 Å². The zero-order valence-corrected chi connectivity index (χ0v) is 23.4. The van der Waals surface area contributed by atoms with E-state index in [2.05, 4.69) is 12.1 Å². The van der Waals surface area contributed by atoms with E-state index in [9.17, 15) is 14.7 Å². The van der Waals surface area contributed by atoms with Crippen molar-refractivity contribution in [3.8, 4) is 11.5 Å². The molecule has 0 aliphatic rings. The number of nitrogens with zero attached hydrogens (tertiary/aromatic N) is 1. The van der Waals surface area contributed by atoms with E-state index in [1.165, 1.54) is 5.56 Å². The average Bonchev–Trinajstić information content (AvgIpc) is 2.94. The monoisotopic (exact) mass is 551 g/mol. The number of rotatable bonds is 16. The molecule has 0 spiro atoms. The zero-order chi connectivity index (χ0) is 27.9. The molecule has 0 aromatic heterocycles. The maximum Gasteiger partial charge on any atom is 0.415 e. The van der Waals surface area contributed by atoms with Gasteiger partial charge in [0.15, 0.2) is 6.10 Å². The first-order valence-electron chi connectivity index (χ1n) is 13.2. The number of benzene rings is 3. The van der Waals surface area contributed by atoms with E-state index in [-0.39, 0.29) is 6.42 Å². The number of carboxylic acids is 1. The van der Waals surface area contributed by atoms with Crippen LogP contribution in [0.5, 0.6) is 11.5 Å². The minimum atomic E-state index is -0.978. The molecule has 3 aromatic carbocycles. The molecule has 208 valence electrons. The lowest BCUT2D eigenvalue weighted by Crippen LogP contribution is -2.37. The smallest absolute Gasteiger partial charge is 0.415 e. The average molecular weight is 552 g/mol. The molecule has 0 saturated heterocycles. The van der Waals surface area contributed by atoms with Gasteiger partial charge in [-0.3, -0.25) is 0 Å². The highest BCUT2D eigenvalue weighted by Gasteiger charge is 2.19. The number of thioether (sulfide) groups is 1. The standard InChI is InChI=1S/C31H37NO6S/c1-3-36-29(30(33)34)22-25-14-16-27(17-15-25)37-20-19-32(31(35)38-28-13-8-7-10-24(28)2)18-9-21-39-23-26-11-5-4-6-12-26/h4-8,10-17,29H,3,9,18-23H2,1-2H3,(H,33,34). The molecule has 0 bridgehead atoms. The Morgan fingerprint density at radius 1 is 0.923 bits per heavy atom. The molecule has 3 rings (SSSR count). The maximum absolute atomic E-state index is 13.0. The van der Waals surface area contributed by atoms with Crippen molar-refractivity contribution < 1.29 is 28.9 Å². The second-order valence-electron chi connectivity index (χ2n) is 8.99. The van der Waals surface area contributed by atoms with Crippen LogP contribution in [0.4, 0.5) is 4.79 Å². The molecule has 1 amide bonds. The van der Waals surface area contributed by atoms with Gasteiger partial charge in [-0.15, -0.1) is 0 Å². The van der Waals surface area contributed by atoms with Crippen molar-refractivity contribution in [3.05, 3.63) is 95.6 Å². The van der Waals surface area contributed by atoms with Crippen LogP contribution >= 0.6 is 11.8 Å². The van der Waals surface area contributed by atoms with Crippen LogP contribution in [0, 0.1) is 6.92 Å². The second kappa shape index (κ2) is 16.5. The summed E-state index contributed by atoms with van der Waals surface area (Å²) in [5.41, 5.74) is 3.03. The number of hydrogen-bond donors (Lipinski definition) is 1. The molecule has 3 aromatic rings. The lowest BCUT2D eigenvalue weighted by molar-refractivity contribution is -0.149. The highest BCUT2D eigenvalue weighted by molar-refractivity contribution is 7.98. The SMILES string of the molecule is CCOC(Cc1ccc(OCCN(CCCSCc2ccccc2)C(=O)Oc2ccccc2C)cc1)C(=O)O. The van der Waals surface area contributed by atoms with Gasteiger partial charge in [0, 0.05) is 25.3 Å². The minimum Gasteiger partial charge on any atom is -0.492 e. The Balaban J connectivity index is 1.51. The summed E-state index contributed by atoms with van der Waals surface area (Å²) in [4.78, 5) is 26.1. The van der Waals surface area contributed by atoms with Gasteiger partial charge in [0.25, 0.3) is 0 Å². The molecular weight excluding hydrogens is 514 g/mol. The van der Waals surface area contributed by atoms with Crippen molar-refractivity contribution in [1.29, 1.82) is 0 Å². The van der Waals surface area contributed by atoms with Crippen molar-refractivity contribution in [2.45, 2.75) is 38.5 Å². The van der Waals surface area contributed by atoms with E-state index in [0.717, 1.165) is 29.1 Å². The predicted octanol–water partition coefficient (Wildman–Crippen LogP) is 6.23. The fourth-order valence-electron chi connectivity index (χ4n) is 3.87. The van der Waals surface area contributed by atoms with Gasteiger partial charge >= 0.3 is 12.1 Å². The van der Waals surface area contributed by atoms with E-state index in [1.54, 1.807) is 30.0 Å². The molecule has 8 heteroatoms. The number of para-hydroxylation sites is 1. The Labute approximate surface area is 235 Å². The zero-order valence-electron chi connectivity index (χ0n) is 22.6. The number of carbonyl (C=O) groups is 2. The van der Waals surface area contributed by atoms with Gasteiger partial charge in [0.2, 0.25) is 0 Å². The third kappa shape index (κ3) is 10.7. The molecule has 0 aliphatic heterocycles. The van der Waals surface area contributed by atoms with Crippen molar-refractivity contribution >= 4 is 23.8 Å².